The summed E-state index contributed by atoms with van der Waals surface area (Å²) < 4.78 is 1.71. The molecular weight excluding hydrogens is 224 g/mol. The van der Waals surface area contributed by atoms with Gasteiger partial charge in [-0.3, -0.25) is 9.36 Å². The maximum atomic E-state index is 12.4. The summed E-state index contributed by atoms with van der Waals surface area (Å²) in [6.07, 6.45) is 3.41. The largest absolute Gasteiger partial charge is 0.274 e. The molecule has 0 aliphatic heterocycles. The number of nitrogens with zero attached hydrogens (tertiary/aromatic N) is 2. The van der Waals surface area contributed by atoms with Crippen molar-refractivity contribution in [2.45, 2.75) is 40.5 Å². The maximum absolute atomic E-state index is 12.4. The summed E-state index contributed by atoms with van der Waals surface area (Å²) in [5, 5.41) is 0. The first-order valence-corrected chi connectivity index (χ1v) is 6.57. The minimum Gasteiger partial charge on any atom is -0.274 e. The van der Waals surface area contributed by atoms with Crippen LogP contribution in [0.15, 0.2) is 18.5 Å². The van der Waals surface area contributed by atoms with Crippen LogP contribution in [0, 0.1) is 19.8 Å². The number of carbonyl (C=O) groups excluding carboxylic acids is 1. The van der Waals surface area contributed by atoms with Gasteiger partial charge in [0.1, 0.15) is 6.33 Å². The van der Waals surface area contributed by atoms with Crippen molar-refractivity contribution in [1.82, 2.24) is 9.55 Å². The zero-order valence-electron chi connectivity index (χ0n) is 11.5. The molecule has 0 radical (unpaired) electrons. The fourth-order valence-electron chi connectivity index (χ4n) is 2.27. The summed E-state index contributed by atoms with van der Waals surface area (Å²) in [4.78, 5) is 16.7. The highest BCUT2D eigenvalue weighted by Gasteiger charge is 2.18. The summed E-state index contributed by atoms with van der Waals surface area (Å²) in [5.74, 6) is 0.245. The van der Waals surface area contributed by atoms with E-state index in [4.69, 9.17) is 0 Å². The van der Waals surface area contributed by atoms with Crippen LogP contribution in [-0.2, 0) is 0 Å². The second-order valence-corrected chi connectivity index (χ2v) is 4.89. The van der Waals surface area contributed by atoms with Gasteiger partial charge in [0.2, 0.25) is 5.91 Å². The maximum Gasteiger partial charge on any atom is 0.235 e. The Morgan fingerprint density at radius 1 is 1.22 bits per heavy atom. The van der Waals surface area contributed by atoms with Gasteiger partial charge >= 0.3 is 0 Å². The third-order valence-corrected chi connectivity index (χ3v) is 3.73. The van der Waals surface area contributed by atoms with Gasteiger partial charge in [0.05, 0.1) is 11.0 Å². The van der Waals surface area contributed by atoms with Gasteiger partial charge in [0.25, 0.3) is 0 Å². The van der Waals surface area contributed by atoms with Gasteiger partial charge in [-0.15, -0.1) is 0 Å². The van der Waals surface area contributed by atoms with E-state index in [0.717, 1.165) is 23.9 Å². The van der Waals surface area contributed by atoms with Gasteiger partial charge in [-0.05, 0) is 49.9 Å². The Hall–Kier alpha value is -1.64. The van der Waals surface area contributed by atoms with E-state index >= 15 is 0 Å². The second-order valence-electron chi connectivity index (χ2n) is 4.89. The lowest BCUT2D eigenvalue weighted by molar-refractivity contribution is 0.0832. The molecule has 0 amide bonds. The molecular formula is C15H20N2O. The Bertz CT molecular complexity index is 579. The first-order valence-electron chi connectivity index (χ1n) is 6.57. The quantitative estimate of drug-likeness (QED) is 0.824. The molecule has 1 aromatic heterocycles. The molecule has 2 aromatic rings. The smallest absolute Gasteiger partial charge is 0.235 e. The number of hydrogen-bond donors (Lipinski definition) is 0. The van der Waals surface area contributed by atoms with Crippen LogP contribution < -0.4 is 0 Å². The lowest BCUT2D eigenvalue weighted by Gasteiger charge is -2.12. The van der Waals surface area contributed by atoms with Crippen LogP contribution in [0.5, 0.6) is 0 Å². The molecule has 2 rings (SSSR count). The van der Waals surface area contributed by atoms with Crippen molar-refractivity contribution in [3.63, 3.8) is 0 Å². The molecule has 0 bridgehead atoms. The molecule has 3 heteroatoms. The fraction of sp³-hybridized carbons (Fsp3) is 0.467. The van der Waals surface area contributed by atoms with Gasteiger partial charge in [0.15, 0.2) is 0 Å². The van der Waals surface area contributed by atoms with E-state index in [9.17, 15) is 4.79 Å². The molecule has 96 valence electrons. The predicted molar refractivity (Wildman–Crippen MR) is 73.9 cm³/mol. The second kappa shape index (κ2) is 4.92. The van der Waals surface area contributed by atoms with E-state index in [-0.39, 0.29) is 11.8 Å². The van der Waals surface area contributed by atoms with Gasteiger partial charge in [-0.25, -0.2) is 4.98 Å². The highest BCUT2D eigenvalue weighted by molar-refractivity contribution is 5.91. The van der Waals surface area contributed by atoms with E-state index in [1.165, 1.54) is 11.1 Å². The number of aryl methyl sites for hydroxylation is 2. The monoisotopic (exact) mass is 244 g/mol. The van der Waals surface area contributed by atoms with Crippen LogP contribution >= 0.6 is 0 Å². The molecule has 0 N–H and O–H groups in total. The lowest BCUT2D eigenvalue weighted by Crippen LogP contribution is -2.19. The Labute approximate surface area is 108 Å². The Kier molecular flexibility index (Phi) is 3.50. The molecule has 0 fully saturated rings. The van der Waals surface area contributed by atoms with Crippen LogP contribution in [0.25, 0.3) is 11.0 Å². The van der Waals surface area contributed by atoms with E-state index < -0.39 is 0 Å². The lowest BCUT2D eigenvalue weighted by atomic mass is 10.0. The van der Waals surface area contributed by atoms with Crippen molar-refractivity contribution in [3.05, 3.63) is 29.6 Å². The highest BCUT2D eigenvalue weighted by Crippen LogP contribution is 2.20. The fourth-order valence-corrected chi connectivity index (χ4v) is 2.27. The van der Waals surface area contributed by atoms with Crippen LogP contribution in [0.3, 0.4) is 0 Å². The van der Waals surface area contributed by atoms with Gasteiger partial charge in [-0.2, -0.15) is 0 Å². The van der Waals surface area contributed by atoms with Crippen LogP contribution in [0.2, 0.25) is 0 Å². The molecule has 0 aliphatic rings. The van der Waals surface area contributed by atoms with Crippen LogP contribution in [0.4, 0.5) is 0 Å². The molecule has 18 heavy (non-hydrogen) atoms. The van der Waals surface area contributed by atoms with Crippen molar-refractivity contribution in [3.8, 4) is 0 Å². The summed E-state index contributed by atoms with van der Waals surface area (Å²) in [7, 11) is 0. The average Bonchev–Trinajstić information content (AvgIpc) is 2.74. The number of hydrogen-bond acceptors (Lipinski definition) is 2. The van der Waals surface area contributed by atoms with Crippen molar-refractivity contribution >= 4 is 16.9 Å². The summed E-state index contributed by atoms with van der Waals surface area (Å²) in [5.41, 5.74) is 4.23. The number of benzene rings is 1. The van der Waals surface area contributed by atoms with E-state index in [1.54, 1.807) is 10.9 Å². The summed E-state index contributed by atoms with van der Waals surface area (Å²) >= 11 is 0. The minimum absolute atomic E-state index is 0.0870. The van der Waals surface area contributed by atoms with Crippen LogP contribution in [-0.4, -0.2) is 15.5 Å². The zero-order valence-corrected chi connectivity index (χ0v) is 11.5. The predicted octanol–water partition coefficient (Wildman–Crippen LogP) is 3.73. The highest BCUT2D eigenvalue weighted by atomic mass is 16.2. The third kappa shape index (κ3) is 2.05. The van der Waals surface area contributed by atoms with Gasteiger partial charge in [0, 0.05) is 5.92 Å². The number of aromatic nitrogens is 2. The van der Waals surface area contributed by atoms with Crippen molar-refractivity contribution in [2.24, 2.45) is 5.92 Å². The Balaban J connectivity index is 2.52. The number of fused-ring (bicyclic) bond motifs is 1. The van der Waals surface area contributed by atoms with Crippen LogP contribution in [0.1, 0.15) is 42.6 Å². The summed E-state index contributed by atoms with van der Waals surface area (Å²) in [6, 6.07) is 4.10. The average molecular weight is 244 g/mol. The van der Waals surface area contributed by atoms with Crippen molar-refractivity contribution < 1.29 is 4.79 Å². The first kappa shape index (κ1) is 12.8. The molecule has 0 unspecified atom stereocenters. The SMILES string of the molecule is CCC(CC)C(=O)n1cnc2cc(C)c(C)cc21. The molecule has 0 saturated carbocycles. The molecule has 3 nitrogen and oxygen atoms in total. The molecule has 0 atom stereocenters. The van der Waals surface area contributed by atoms with Crippen molar-refractivity contribution in [2.75, 3.05) is 0 Å². The standard InChI is InChI=1S/C15H20N2O/c1-5-12(6-2)15(18)17-9-16-13-7-10(3)11(4)8-14(13)17/h7-9,12H,5-6H2,1-4H3. The number of imidazole rings is 1. The van der Waals surface area contributed by atoms with E-state index in [0.29, 0.717) is 0 Å². The summed E-state index contributed by atoms with van der Waals surface area (Å²) in [6.45, 7) is 8.24. The van der Waals surface area contributed by atoms with E-state index in [1.807, 2.05) is 6.07 Å². The molecule has 0 spiro atoms. The van der Waals surface area contributed by atoms with Crippen molar-refractivity contribution in [1.29, 1.82) is 0 Å². The first-order chi connectivity index (χ1) is 8.58. The Morgan fingerprint density at radius 3 is 2.44 bits per heavy atom. The minimum atomic E-state index is 0.0870. The molecule has 0 aliphatic carbocycles. The normalized spacial score (nSPS) is 11.4. The third-order valence-electron chi connectivity index (χ3n) is 3.73. The molecule has 1 aromatic carbocycles. The van der Waals surface area contributed by atoms with Gasteiger partial charge < -0.3 is 0 Å². The van der Waals surface area contributed by atoms with Gasteiger partial charge in [-0.1, -0.05) is 13.8 Å². The Morgan fingerprint density at radius 2 is 1.83 bits per heavy atom. The topological polar surface area (TPSA) is 34.9 Å². The van der Waals surface area contributed by atoms with E-state index in [2.05, 4.69) is 38.7 Å². The zero-order chi connectivity index (χ0) is 13.3. The molecule has 1 heterocycles. The number of carbonyl (C=O) groups is 1. The number of rotatable bonds is 3. The molecule has 0 saturated heterocycles.